The van der Waals surface area contributed by atoms with E-state index in [0.29, 0.717) is 11.8 Å². The average Bonchev–Trinajstić information content (AvgIpc) is 2.39. The fraction of sp³-hybridized carbons (Fsp3) is 0.929. The van der Waals surface area contributed by atoms with Gasteiger partial charge in [-0.1, -0.05) is 13.3 Å². The SMILES string of the molecule is CCCCSCCC(=O)N1CCCC(CNC)C1. The van der Waals surface area contributed by atoms with E-state index in [1.54, 1.807) is 0 Å². The minimum Gasteiger partial charge on any atom is -0.342 e. The molecule has 1 N–H and O–H groups in total. The third-order valence-corrected chi connectivity index (χ3v) is 4.54. The first kappa shape index (κ1) is 15.8. The van der Waals surface area contributed by atoms with Crippen molar-refractivity contribution in [2.24, 2.45) is 5.92 Å². The Labute approximate surface area is 116 Å². The number of carbonyl (C=O) groups excluding carboxylic acids is 1. The third kappa shape index (κ3) is 6.10. The van der Waals surface area contributed by atoms with Crippen LogP contribution >= 0.6 is 11.8 Å². The van der Waals surface area contributed by atoms with Gasteiger partial charge in [-0.15, -0.1) is 0 Å². The van der Waals surface area contributed by atoms with Crippen molar-refractivity contribution in [3.05, 3.63) is 0 Å². The number of thioether (sulfide) groups is 1. The maximum Gasteiger partial charge on any atom is 0.223 e. The largest absolute Gasteiger partial charge is 0.342 e. The number of amides is 1. The Balaban J connectivity index is 2.16. The summed E-state index contributed by atoms with van der Waals surface area (Å²) in [6, 6.07) is 0. The maximum atomic E-state index is 12.1. The molecule has 0 bridgehead atoms. The van der Waals surface area contributed by atoms with Gasteiger partial charge in [-0.2, -0.15) is 11.8 Å². The number of rotatable bonds is 8. The lowest BCUT2D eigenvalue weighted by Crippen LogP contribution is -2.42. The molecule has 106 valence electrons. The van der Waals surface area contributed by atoms with Gasteiger partial charge in [0.25, 0.3) is 0 Å². The topological polar surface area (TPSA) is 32.3 Å². The Hall–Kier alpha value is -0.220. The molecule has 0 aromatic rings. The summed E-state index contributed by atoms with van der Waals surface area (Å²) < 4.78 is 0. The van der Waals surface area contributed by atoms with Crippen molar-refractivity contribution in [2.75, 3.05) is 38.2 Å². The molecule has 0 aromatic heterocycles. The van der Waals surface area contributed by atoms with Gasteiger partial charge in [-0.25, -0.2) is 0 Å². The Bertz CT molecular complexity index is 234. The Morgan fingerprint density at radius 2 is 2.28 bits per heavy atom. The van der Waals surface area contributed by atoms with Gasteiger partial charge >= 0.3 is 0 Å². The molecule has 1 amide bonds. The van der Waals surface area contributed by atoms with E-state index >= 15 is 0 Å². The summed E-state index contributed by atoms with van der Waals surface area (Å²) in [5.41, 5.74) is 0. The molecule has 1 heterocycles. The first-order valence-electron chi connectivity index (χ1n) is 7.28. The van der Waals surface area contributed by atoms with Crippen molar-refractivity contribution in [1.82, 2.24) is 10.2 Å². The van der Waals surface area contributed by atoms with E-state index in [0.717, 1.165) is 31.8 Å². The highest BCUT2D eigenvalue weighted by atomic mass is 32.2. The van der Waals surface area contributed by atoms with Crippen LogP contribution in [0.2, 0.25) is 0 Å². The monoisotopic (exact) mass is 272 g/mol. The normalized spacial score (nSPS) is 20.1. The van der Waals surface area contributed by atoms with E-state index in [9.17, 15) is 4.79 Å². The lowest BCUT2D eigenvalue weighted by molar-refractivity contribution is -0.132. The summed E-state index contributed by atoms with van der Waals surface area (Å²) in [5.74, 6) is 3.21. The zero-order valence-corrected chi connectivity index (χ0v) is 12.7. The first-order valence-corrected chi connectivity index (χ1v) is 8.43. The van der Waals surface area contributed by atoms with Gasteiger partial charge in [0.2, 0.25) is 5.91 Å². The molecule has 1 fully saturated rings. The molecule has 1 saturated heterocycles. The van der Waals surface area contributed by atoms with Gasteiger partial charge in [-0.3, -0.25) is 4.79 Å². The molecule has 1 rings (SSSR count). The minimum atomic E-state index is 0.361. The third-order valence-electron chi connectivity index (χ3n) is 3.47. The number of piperidine rings is 1. The summed E-state index contributed by atoms with van der Waals surface area (Å²) in [5, 5.41) is 3.22. The smallest absolute Gasteiger partial charge is 0.223 e. The molecule has 1 unspecified atom stereocenters. The van der Waals surface area contributed by atoms with Crippen molar-refractivity contribution in [1.29, 1.82) is 0 Å². The molecule has 1 aliphatic heterocycles. The van der Waals surface area contributed by atoms with Crippen LogP contribution in [0.1, 0.15) is 39.0 Å². The van der Waals surface area contributed by atoms with Crippen LogP contribution in [0.25, 0.3) is 0 Å². The van der Waals surface area contributed by atoms with Crippen LogP contribution in [0, 0.1) is 5.92 Å². The highest BCUT2D eigenvalue weighted by Gasteiger charge is 2.22. The summed E-state index contributed by atoms with van der Waals surface area (Å²) in [6.45, 7) is 5.17. The maximum absolute atomic E-state index is 12.1. The molecule has 0 spiro atoms. The van der Waals surface area contributed by atoms with Gasteiger partial charge in [-0.05, 0) is 44.5 Å². The van der Waals surface area contributed by atoms with E-state index < -0.39 is 0 Å². The quantitative estimate of drug-likeness (QED) is 0.689. The molecule has 0 aromatic carbocycles. The van der Waals surface area contributed by atoms with Crippen LogP contribution in [-0.4, -0.2) is 49.0 Å². The summed E-state index contributed by atoms with van der Waals surface area (Å²) in [6.07, 6.45) is 5.67. The van der Waals surface area contributed by atoms with Gasteiger partial charge in [0, 0.05) is 25.3 Å². The lowest BCUT2D eigenvalue weighted by atomic mass is 9.98. The van der Waals surface area contributed by atoms with Gasteiger partial charge in [0.05, 0.1) is 0 Å². The number of unbranched alkanes of at least 4 members (excludes halogenated alkanes) is 1. The highest BCUT2D eigenvalue weighted by Crippen LogP contribution is 2.17. The number of hydrogen-bond donors (Lipinski definition) is 1. The molecule has 4 heteroatoms. The Morgan fingerprint density at radius 1 is 1.44 bits per heavy atom. The minimum absolute atomic E-state index is 0.361. The number of nitrogens with zero attached hydrogens (tertiary/aromatic N) is 1. The average molecular weight is 272 g/mol. The zero-order valence-electron chi connectivity index (χ0n) is 11.9. The van der Waals surface area contributed by atoms with E-state index in [-0.39, 0.29) is 0 Å². The molecule has 1 aliphatic rings. The van der Waals surface area contributed by atoms with Crippen LogP contribution in [0.15, 0.2) is 0 Å². The predicted octanol–water partition coefficient (Wildman–Crippen LogP) is 2.37. The van der Waals surface area contributed by atoms with E-state index in [4.69, 9.17) is 0 Å². The Morgan fingerprint density at radius 3 is 3.00 bits per heavy atom. The van der Waals surface area contributed by atoms with Gasteiger partial charge in [0.15, 0.2) is 0 Å². The van der Waals surface area contributed by atoms with Crippen LogP contribution in [-0.2, 0) is 4.79 Å². The van der Waals surface area contributed by atoms with Crippen LogP contribution in [0.5, 0.6) is 0 Å². The van der Waals surface area contributed by atoms with Crippen molar-refractivity contribution >= 4 is 17.7 Å². The summed E-state index contributed by atoms with van der Waals surface area (Å²) in [4.78, 5) is 14.1. The van der Waals surface area contributed by atoms with E-state index in [1.165, 1.54) is 31.4 Å². The summed E-state index contributed by atoms with van der Waals surface area (Å²) in [7, 11) is 1.99. The lowest BCUT2D eigenvalue weighted by Gasteiger charge is -2.32. The van der Waals surface area contributed by atoms with E-state index in [2.05, 4.69) is 17.1 Å². The molecule has 1 atom stereocenters. The first-order chi connectivity index (χ1) is 8.77. The number of carbonyl (C=O) groups is 1. The number of likely N-dealkylation sites (tertiary alicyclic amines) is 1. The molecule has 3 nitrogen and oxygen atoms in total. The molecule has 0 aliphatic carbocycles. The van der Waals surface area contributed by atoms with Crippen LogP contribution < -0.4 is 5.32 Å². The molecular formula is C14H28N2OS. The Kier molecular flexibility index (Phi) is 8.51. The van der Waals surface area contributed by atoms with Crippen molar-refractivity contribution in [3.63, 3.8) is 0 Å². The molecule has 0 radical (unpaired) electrons. The highest BCUT2D eigenvalue weighted by molar-refractivity contribution is 7.99. The molecule has 0 saturated carbocycles. The predicted molar refractivity (Wildman–Crippen MR) is 80.1 cm³/mol. The fourth-order valence-electron chi connectivity index (χ4n) is 2.41. The fourth-order valence-corrected chi connectivity index (χ4v) is 3.43. The number of hydrogen-bond acceptors (Lipinski definition) is 3. The van der Waals surface area contributed by atoms with Gasteiger partial charge < -0.3 is 10.2 Å². The van der Waals surface area contributed by atoms with Crippen molar-refractivity contribution in [2.45, 2.75) is 39.0 Å². The summed E-state index contributed by atoms with van der Waals surface area (Å²) >= 11 is 1.92. The van der Waals surface area contributed by atoms with Crippen LogP contribution in [0.4, 0.5) is 0 Å². The van der Waals surface area contributed by atoms with Crippen molar-refractivity contribution in [3.8, 4) is 0 Å². The van der Waals surface area contributed by atoms with Gasteiger partial charge in [0.1, 0.15) is 0 Å². The molecular weight excluding hydrogens is 244 g/mol. The van der Waals surface area contributed by atoms with Crippen molar-refractivity contribution < 1.29 is 4.79 Å². The second-order valence-electron chi connectivity index (χ2n) is 5.12. The second-order valence-corrected chi connectivity index (χ2v) is 6.35. The van der Waals surface area contributed by atoms with E-state index in [1.807, 2.05) is 18.8 Å². The number of nitrogens with one attached hydrogen (secondary N) is 1. The second kappa shape index (κ2) is 9.68. The molecule has 18 heavy (non-hydrogen) atoms. The standard InChI is InChI=1S/C14H28N2OS/c1-3-4-9-18-10-7-14(17)16-8-5-6-13(12-16)11-15-2/h13,15H,3-12H2,1-2H3. The zero-order chi connectivity index (χ0) is 13.2. The van der Waals surface area contributed by atoms with Crippen LogP contribution in [0.3, 0.4) is 0 Å².